The maximum Gasteiger partial charge on any atom is 0.142 e. The van der Waals surface area contributed by atoms with E-state index in [4.69, 9.17) is 0 Å². The van der Waals surface area contributed by atoms with E-state index >= 15 is 0 Å². The van der Waals surface area contributed by atoms with Crippen LogP contribution in [0.25, 0.3) is 0 Å². The number of aliphatic hydroxyl groups is 1. The predicted molar refractivity (Wildman–Crippen MR) is 86.5 cm³/mol. The number of pyridine rings is 1. The standard InChI is InChI=1S/C20H15F2NO/c21-16-5-7-18-13(10-16)3-4-14-11-17(22)6-8-19(14)20(18,24)15-2-1-9-23-12-15/h1-2,5-12,24H,3-4H2. The summed E-state index contributed by atoms with van der Waals surface area (Å²) in [6, 6.07) is 12.3. The van der Waals surface area contributed by atoms with E-state index in [2.05, 4.69) is 4.98 Å². The van der Waals surface area contributed by atoms with Crippen LogP contribution in [0.1, 0.15) is 27.8 Å². The minimum absolute atomic E-state index is 0.348. The van der Waals surface area contributed by atoms with Gasteiger partial charge in [0.25, 0.3) is 0 Å². The average Bonchev–Trinajstić information content (AvgIpc) is 2.71. The summed E-state index contributed by atoms with van der Waals surface area (Å²) in [6.45, 7) is 0. The van der Waals surface area contributed by atoms with Crippen molar-refractivity contribution in [2.24, 2.45) is 0 Å². The number of hydrogen-bond donors (Lipinski definition) is 1. The molecule has 0 aliphatic heterocycles. The molecule has 1 aromatic heterocycles. The van der Waals surface area contributed by atoms with E-state index in [1.807, 2.05) is 0 Å². The molecule has 0 atom stereocenters. The third kappa shape index (κ3) is 2.22. The maximum absolute atomic E-state index is 13.7. The second-order valence-corrected chi connectivity index (χ2v) is 6.06. The Hall–Kier alpha value is -2.59. The first-order valence-corrected chi connectivity index (χ1v) is 7.80. The first kappa shape index (κ1) is 15.0. The van der Waals surface area contributed by atoms with Gasteiger partial charge in [-0.25, -0.2) is 8.78 Å². The van der Waals surface area contributed by atoms with Crippen LogP contribution in [0.4, 0.5) is 8.78 Å². The van der Waals surface area contributed by atoms with Crippen molar-refractivity contribution in [1.29, 1.82) is 0 Å². The molecule has 1 heterocycles. The Morgan fingerprint density at radius 2 is 1.46 bits per heavy atom. The van der Waals surface area contributed by atoms with Crippen molar-refractivity contribution >= 4 is 0 Å². The molecule has 0 bridgehead atoms. The Kier molecular flexibility index (Phi) is 3.43. The molecule has 0 radical (unpaired) electrons. The molecule has 4 heteroatoms. The molecule has 1 aliphatic carbocycles. The van der Waals surface area contributed by atoms with Gasteiger partial charge in [-0.2, -0.15) is 0 Å². The van der Waals surface area contributed by atoms with Crippen LogP contribution in [-0.4, -0.2) is 10.1 Å². The summed E-state index contributed by atoms with van der Waals surface area (Å²) in [5.41, 5.74) is 1.75. The van der Waals surface area contributed by atoms with Gasteiger partial charge in [-0.15, -0.1) is 0 Å². The number of fused-ring (bicyclic) bond motifs is 2. The minimum atomic E-state index is -1.49. The van der Waals surface area contributed by atoms with E-state index in [9.17, 15) is 13.9 Å². The highest BCUT2D eigenvalue weighted by Gasteiger charge is 2.39. The summed E-state index contributed by atoms with van der Waals surface area (Å²) in [7, 11) is 0. The molecule has 2 nitrogen and oxygen atoms in total. The highest BCUT2D eigenvalue weighted by molar-refractivity contribution is 5.54. The van der Waals surface area contributed by atoms with Crippen molar-refractivity contribution in [3.8, 4) is 0 Å². The fraction of sp³-hybridized carbons (Fsp3) is 0.150. The molecule has 1 N–H and O–H groups in total. The van der Waals surface area contributed by atoms with Crippen molar-refractivity contribution in [3.05, 3.63) is 100 Å². The summed E-state index contributed by atoms with van der Waals surface area (Å²) in [5.74, 6) is -0.696. The molecule has 0 unspecified atom stereocenters. The Morgan fingerprint density at radius 1 is 0.875 bits per heavy atom. The molecule has 0 fully saturated rings. The second-order valence-electron chi connectivity index (χ2n) is 6.06. The minimum Gasteiger partial charge on any atom is -0.376 e. The summed E-state index contributed by atoms with van der Waals surface area (Å²) in [5, 5.41) is 11.7. The number of hydrogen-bond acceptors (Lipinski definition) is 2. The number of nitrogens with zero attached hydrogens (tertiary/aromatic N) is 1. The van der Waals surface area contributed by atoms with Gasteiger partial charge in [-0.05, 0) is 65.4 Å². The lowest BCUT2D eigenvalue weighted by Gasteiger charge is -2.31. The molecule has 0 amide bonds. The van der Waals surface area contributed by atoms with Crippen LogP contribution in [0.15, 0.2) is 60.9 Å². The lowest BCUT2D eigenvalue weighted by atomic mass is 9.79. The Bertz CT molecular complexity index is 855. The van der Waals surface area contributed by atoms with E-state index in [1.165, 1.54) is 24.3 Å². The van der Waals surface area contributed by atoms with Gasteiger partial charge < -0.3 is 5.11 Å². The fourth-order valence-electron chi connectivity index (χ4n) is 3.55. The summed E-state index contributed by atoms with van der Waals surface area (Å²) >= 11 is 0. The van der Waals surface area contributed by atoms with Crippen LogP contribution in [0.2, 0.25) is 0 Å². The molecule has 1 aliphatic rings. The van der Waals surface area contributed by atoms with Gasteiger partial charge in [-0.3, -0.25) is 4.98 Å². The predicted octanol–water partition coefficient (Wildman–Crippen LogP) is 3.74. The van der Waals surface area contributed by atoms with Gasteiger partial charge in [-0.1, -0.05) is 18.2 Å². The van der Waals surface area contributed by atoms with Crippen LogP contribution < -0.4 is 0 Å². The largest absolute Gasteiger partial charge is 0.376 e. The van der Waals surface area contributed by atoms with Crippen LogP contribution in [0.3, 0.4) is 0 Å². The third-order valence-electron chi connectivity index (χ3n) is 4.66. The molecule has 4 rings (SSSR count). The second kappa shape index (κ2) is 5.49. The maximum atomic E-state index is 13.7. The van der Waals surface area contributed by atoms with Crippen molar-refractivity contribution in [3.63, 3.8) is 0 Å². The number of rotatable bonds is 1. The normalized spacial score (nSPS) is 15.3. The monoisotopic (exact) mass is 323 g/mol. The van der Waals surface area contributed by atoms with Gasteiger partial charge in [0, 0.05) is 18.0 Å². The molecule has 0 saturated heterocycles. The number of halogens is 2. The first-order chi connectivity index (χ1) is 11.6. The molecule has 120 valence electrons. The smallest absolute Gasteiger partial charge is 0.142 e. The zero-order valence-corrected chi connectivity index (χ0v) is 12.8. The number of benzene rings is 2. The van der Waals surface area contributed by atoms with E-state index in [0.717, 1.165) is 11.1 Å². The SMILES string of the molecule is OC1(c2cccnc2)c2ccc(F)cc2CCc2cc(F)ccc21. The summed E-state index contributed by atoms with van der Waals surface area (Å²) in [4.78, 5) is 4.11. The molecular formula is C20H15F2NO. The zero-order chi connectivity index (χ0) is 16.7. The quantitative estimate of drug-likeness (QED) is 0.740. The molecule has 2 aromatic carbocycles. The topological polar surface area (TPSA) is 33.1 Å². The lowest BCUT2D eigenvalue weighted by Crippen LogP contribution is -2.30. The van der Waals surface area contributed by atoms with E-state index in [1.54, 1.807) is 36.7 Å². The molecule has 0 saturated carbocycles. The molecule has 0 spiro atoms. The van der Waals surface area contributed by atoms with Crippen LogP contribution in [-0.2, 0) is 18.4 Å². The summed E-state index contributed by atoms with van der Waals surface area (Å²) in [6.07, 6.45) is 4.28. The molecular weight excluding hydrogens is 308 g/mol. The number of aryl methyl sites for hydroxylation is 2. The van der Waals surface area contributed by atoms with Crippen molar-refractivity contribution in [1.82, 2.24) is 4.98 Å². The van der Waals surface area contributed by atoms with Crippen molar-refractivity contribution in [2.45, 2.75) is 18.4 Å². The Balaban J connectivity index is 2.06. The van der Waals surface area contributed by atoms with Crippen LogP contribution >= 0.6 is 0 Å². The average molecular weight is 323 g/mol. The Morgan fingerprint density at radius 3 is 1.96 bits per heavy atom. The zero-order valence-electron chi connectivity index (χ0n) is 12.8. The van der Waals surface area contributed by atoms with Gasteiger partial charge in [0.15, 0.2) is 0 Å². The molecule has 3 aromatic rings. The van der Waals surface area contributed by atoms with Gasteiger partial charge >= 0.3 is 0 Å². The first-order valence-electron chi connectivity index (χ1n) is 7.80. The van der Waals surface area contributed by atoms with Crippen LogP contribution in [0.5, 0.6) is 0 Å². The van der Waals surface area contributed by atoms with E-state index in [-0.39, 0.29) is 11.6 Å². The third-order valence-corrected chi connectivity index (χ3v) is 4.66. The van der Waals surface area contributed by atoms with Gasteiger partial charge in [0.2, 0.25) is 0 Å². The van der Waals surface area contributed by atoms with E-state index < -0.39 is 5.60 Å². The highest BCUT2D eigenvalue weighted by atomic mass is 19.1. The van der Waals surface area contributed by atoms with E-state index in [0.29, 0.717) is 29.5 Å². The fourth-order valence-corrected chi connectivity index (χ4v) is 3.55. The molecule has 24 heavy (non-hydrogen) atoms. The van der Waals surface area contributed by atoms with Gasteiger partial charge in [0.05, 0.1) is 0 Å². The van der Waals surface area contributed by atoms with Crippen molar-refractivity contribution < 1.29 is 13.9 Å². The number of aromatic nitrogens is 1. The van der Waals surface area contributed by atoms with Crippen LogP contribution in [0, 0.1) is 11.6 Å². The van der Waals surface area contributed by atoms with Crippen molar-refractivity contribution in [2.75, 3.05) is 0 Å². The Labute approximate surface area is 138 Å². The summed E-state index contributed by atoms with van der Waals surface area (Å²) < 4.78 is 27.4. The highest BCUT2D eigenvalue weighted by Crippen LogP contribution is 2.42. The lowest BCUT2D eigenvalue weighted by molar-refractivity contribution is 0.124. The van der Waals surface area contributed by atoms with Gasteiger partial charge in [0.1, 0.15) is 17.2 Å².